The number of carbonyl (C=O) groups is 1. The molecule has 4 heteroatoms. The highest BCUT2D eigenvalue weighted by molar-refractivity contribution is 7.13. The Bertz CT molecular complexity index is 493. The number of anilines is 1. The van der Waals surface area contributed by atoms with Crippen molar-refractivity contribution >= 4 is 22.4 Å². The van der Waals surface area contributed by atoms with Crippen LogP contribution in [-0.4, -0.2) is 10.9 Å². The van der Waals surface area contributed by atoms with E-state index < -0.39 is 0 Å². The Morgan fingerprint density at radius 3 is 2.33 bits per heavy atom. The number of carbonyl (C=O) groups excluding carboxylic acids is 1. The molecule has 1 aliphatic carbocycles. The molecule has 1 saturated carbocycles. The molecule has 3 nitrogen and oxygen atoms in total. The monoisotopic (exact) mass is 308 g/mol. The number of rotatable bonds is 3. The number of thiazole rings is 1. The van der Waals surface area contributed by atoms with Crippen molar-refractivity contribution in [2.75, 3.05) is 5.32 Å². The number of hydrogen-bond donors (Lipinski definition) is 1. The number of nitrogens with one attached hydrogen (secondary N) is 1. The summed E-state index contributed by atoms with van der Waals surface area (Å²) in [6.45, 7) is 10.6. The van der Waals surface area contributed by atoms with E-state index in [1.54, 1.807) is 0 Å². The average Bonchev–Trinajstić information content (AvgIpc) is 2.88. The molecule has 0 spiro atoms. The molecule has 0 bridgehead atoms. The van der Waals surface area contributed by atoms with Crippen LogP contribution in [0.3, 0.4) is 0 Å². The quantitative estimate of drug-likeness (QED) is 0.855. The Labute approximate surface area is 132 Å². The zero-order valence-electron chi connectivity index (χ0n) is 14.0. The van der Waals surface area contributed by atoms with Gasteiger partial charge in [0.15, 0.2) is 5.13 Å². The number of amides is 1. The summed E-state index contributed by atoms with van der Waals surface area (Å²) in [5, 5.41) is 5.82. The normalized spacial score (nSPS) is 17.8. The van der Waals surface area contributed by atoms with Gasteiger partial charge in [-0.05, 0) is 18.8 Å². The first kappa shape index (κ1) is 16.5. The lowest BCUT2D eigenvalue weighted by Crippen LogP contribution is -2.38. The summed E-state index contributed by atoms with van der Waals surface area (Å²) in [6.07, 6.45) is 6.17. The molecule has 0 aliphatic heterocycles. The largest absolute Gasteiger partial charge is 0.301 e. The van der Waals surface area contributed by atoms with Crippen molar-refractivity contribution in [3.8, 4) is 0 Å². The standard InChI is InChI=1S/C17H28N2OS/c1-16(2,3)13-11-21-15(18-13)19-14(20)17(4,5)12-9-7-6-8-10-12/h11-12H,6-10H2,1-5H3,(H,18,19,20). The number of hydrogen-bond acceptors (Lipinski definition) is 3. The molecular weight excluding hydrogens is 280 g/mol. The minimum Gasteiger partial charge on any atom is -0.301 e. The van der Waals surface area contributed by atoms with Crippen molar-refractivity contribution in [2.45, 2.75) is 72.1 Å². The molecule has 1 aliphatic rings. The summed E-state index contributed by atoms with van der Waals surface area (Å²) in [5.74, 6) is 0.609. The van der Waals surface area contributed by atoms with Gasteiger partial charge in [0.25, 0.3) is 0 Å². The predicted octanol–water partition coefficient (Wildman–Crippen LogP) is 4.99. The van der Waals surface area contributed by atoms with Crippen molar-refractivity contribution in [3.05, 3.63) is 11.1 Å². The number of nitrogens with zero attached hydrogens (tertiary/aromatic N) is 1. The molecule has 1 heterocycles. The molecule has 1 N–H and O–H groups in total. The molecule has 0 saturated heterocycles. The molecule has 1 aromatic rings. The highest BCUT2D eigenvalue weighted by Crippen LogP contribution is 2.39. The number of aromatic nitrogens is 1. The summed E-state index contributed by atoms with van der Waals surface area (Å²) in [6, 6.07) is 0. The van der Waals surface area contributed by atoms with Crippen LogP contribution in [0.15, 0.2) is 5.38 Å². The first-order valence-electron chi connectivity index (χ1n) is 7.99. The van der Waals surface area contributed by atoms with E-state index in [0.29, 0.717) is 5.92 Å². The Kier molecular flexibility index (Phi) is 4.76. The summed E-state index contributed by atoms with van der Waals surface area (Å²) >= 11 is 1.52. The average molecular weight is 308 g/mol. The van der Waals surface area contributed by atoms with Crippen LogP contribution in [0.1, 0.15) is 72.4 Å². The Hall–Kier alpha value is -0.900. The third kappa shape index (κ3) is 3.85. The molecule has 0 atom stereocenters. The van der Waals surface area contributed by atoms with Gasteiger partial charge in [-0.25, -0.2) is 4.98 Å². The lowest BCUT2D eigenvalue weighted by Gasteiger charge is -2.35. The van der Waals surface area contributed by atoms with Crippen LogP contribution in [0.25, 0.3) is 0 Å². The van der Waals surface area contributed by atoms with E-state index in [0.717, 1.165) is 10.8 Å². The second kappa shape index (κ2) is 6.07. The van der Waals surface area contributed by atoms with E-state index in [2.05, 4.69) is 44.9 Å². The Morgan fingerprint density at radius 1 is 1.19 bits per heavy atom. The Morgan fingerprint density at radius 2 is 1.81 bits per heavy atom. The molecule has 0 radical (unpaired) electrons. The molecule has 0 unspecified atom stereocenters. The minimum atomic E-state index is -0.312. The molecule has 1 fully saturated rings. The summed E-state index contributed by atoms with van der Waals surface area (Å²) in [7, 11) is 0. The van der Waals surface area contributed by atoms with Gasteiger partial charge in [0.05, 0.1) is 5.69 Å². The first-order chi connectivity index (χ1) is 9.71. The second-order valence-corrected chi connectivity index (χ2v) is 8.66. The van der Waals surface area contributed by atoms with Gasteiger partial charge in [-0.2, -0.15) is 0 Å². The molecule has 0 aromatic carbocycles. The smallest absolute Gasteiger partial charge is 0.232 e. The Balaban J connectivity index is 2.04. The maximum atomic E-state index is 12.6. The van der Waals surface area contributed by atoms with Crippen LogP contribution in [0, 0.1) is 11.3 Å². The van der Waals surface area contributed by atoms with Crippen LogP contribution < -0.4 is 5.32 Å². The SMILES string of the molecule is CC(C)(C)c1csc(NC(=O)C(C)(C)C2CCCCC2)n1. The van der Waals surface area contributed by atoms with Crippen molar-refractivity contribution in [1.82, 2.24) is 4.98 Å². The lowest BCUT2D eigenvalue weighted by molar-refractivity contribution is -0.127. The van der Waals surface area contributed by atoms with E-state index in [9.17, 15) is 4.79 Å². The van der Waals surface area contributed by atoms with Gasteiger partial charge >= 0.3 is 0 Å². The van der Waals surface area contributed by atoms with Gasteiger partial charge in [-0.1, -0.05) is 53.9 Å². The highest BCUT2D eigenvalue weighted by atomic mass is 32.1. The molecular formula is C17H28N2OS. The molecule has 2 rings (SSSR count). The molecule has 118 valence electrons. The van der Waals surface area contributed by atoms with Crippen molar-refractivity contribution < 1.29 is 4.79 Å². The van der Waals surface area contributed by atoms with E-state index in [4.69, 9.17) is 0 Å². The van der Waals surface area contributed by atoms with Crippen LogP contribution >= 0.6 is 11.3 Å². The van der Waals surface area contributed by atoms with Crippen LogP contribution in [0.2, 0.25) is 0 Å². The third-order valence-corrected chi connectivity index (χ3v) is 5.46. The highest BCUT2D eigenvalue weighted by Gasteiger charge is 2.37. The van der Waals surface area contributed by atoms with Gasteiger partial charge in [0, 0.05) is 16.2 Å². The second-order valence-electron chi connectivity index (χ2n) is 7.80. The van der Waals surface area contributed by atoms with E-state index >= 15 is 0 Å². The van der Waals surface area contributed by atoms with Crippen molar-refractivity contribution in [2.24, 2.45) is 11.3 Å². The van der Waals surface area contributed by atoms with Gasteiger partial charge in [0.2, 0.25) is 5.91 Å². The lowest BCUT2D eigenvalue weighted by atomic mass is 9.70. The van der Waals surface area contributed by atoms with E-state index in [1.165, 1.54) is 43.4 Å². The van der Waals surface area contributed by atoms with Gasteiger partial charge < -0.3 is 5.32 Å². The molecule has 1 aromatic heterocycles. The van der Waals surface area contributed by atoms with Gasteiger partial charge in [-0.3, -0.25) is 4.79 Å². The summed E-state index contributed by atoms with van der Waals surface area (Å²) in [4.78, 5) is 17.2. The molecule has 21 heavy (non-hydrogen) atoms. The van der Waals surface area contributed by atoms with E-state index in [-0.39, 0.29) is 16.7 Å². The third-order valence-electron chi connectivity index (χ3n) is 4.70. The fraction of sp³-hybridized carbons (Fsp3) is 0.765. The zero-order chi connectivity index (χ0) is 15.7. The maximum absolute atomic E-state index is 12.6. The predicted molar refractivity (Wildman–Crippen MR) is 89.8 cm³/mol. The van der Waals surface area contributed by atoms with Crippen molar-refractivity contribution in [3.63, 3.8) is 0 Å². The van der Waals surface area contributed by atoms with Crippen molar-refractivity contribution in [1.29, 1.82) is 0 Å². The zero-order valence-corrected chi connectivity index (χ0v) is 14.8. The summed E-state index contributed by atoms with van der Waals surface area (Å²) < 4.78 is 0. The fourth-order valence-electron chi connectivity index (χ4n) is 2.94. The van der Waals surface area contributed by atoms with Crippen LogP contribution in [-0.2, 0) is 10.2 Å². The first-order valence-corrected chi connectivity index (χ1v) is 8.86. The minimum absolute atomic E-state index is 0.0262. The van der Waals surface area contributed by atoms with Gasteiger partial charge in [-0.15, -0.1) is 11.3 Å². The summed E-state index contributed by atoms with van der Waals surface area (Å²) in [5.41, 5.74) is 0.755. The maximum Gasteiger partial charge on any atom is 0.232 e. The van der Waals surface area contributed by atoms with Crippen LogP contribution in [0.5, 0.6) is 0 Å². The van der Waals surface area contributed by atoms with Gasteiger partial charge in [0.1, 0.15) is 0 Å². The van der Waals surface area contributed by atoms with E-state index in [1.807, 2.05) is 5.38 Å². The molecule has 1 amide bonds. The topological polar surface area (TPSA) is 42.0 Å². The van der Waals surface area contributed by atoms with Crippen LogP contribution in [0.4, 0.5) is 5.13 Å². The fourth-order valence-corrected chi connectivity index (χ4v) is 3.88.